The maximum Gasteiger partial charge on any atom is 0.229 e. The Morgan fingerprint density at radius 1 is 1.05 bits per heavy atom. The number of halogens is 1. The van der Waals surface area contributed by atoms with Gasteiger partial charge >= 0.3 is 0 Å². The van der Waals surface area contributed by atoms with Crippen LogP contribution in [0.5, 0.6) is 5.75 Å². The third-order valence-electron chi connectivity index (χ3n) is 3.09. The molecule has 102 valence electrons. The van der Waals surface area contributed by atoms with Crippen LogP contribution in [0.3, 0.4) is 0 Å². The molecule has 0 aliphatic heterocycles. The predicted octanol–water partition coefficient (Wildman–Crippen LogP) is 5.26. The van der Waals surface area contributed by atoms with Crippen molar-refractivity contribution in [3.05, 3.63) is 40.4 Å². The molecule has 3 heteroatoms. The molecule has 19 heavy (non-hydrogen) atoms. The molecule has 2 aromatic carbocycles. The van der Waals surface area contributed by atoms with E-state index in [0.717, 1.165) is 10.2 Å². The standard InChI is InChI=1S/C16H21BrOSi/c1-16(2,3)14-9-6-11-10-12(17)7-8-13(11)15(14)18-19(4)5/h6-10,19H,1-5H3. The Morgan fingerprint density at radius 2 is 1.74 bits per heavy atom. The van der Waals surface area contributed by atoms with E-state index in [9.17, 15) is 0 Å². The number of fused-ring (bicyclic) bond motifs is 1. The minimum atomic E-state index is -1.13. The van der Waals surface area contributed by atoms with Gasteiger partial charge in [0, 0.05) is 9.86 Å². The zero-order chi connectivity index (χ0) is 14.2. The van der Waals surface area contributed by atoms with Gasteiger partial charge in [0.05, 0.1) is 0 Å². The van der Waals surface area contributed by atoms with Crippen molar-refractivity contribution in [1.29, 1.82) is 0 Å². The van der Waals surface area contributed by atoms with Crippen molar-refractivity contribution < 1.29 is 4.43 Å². The Morgan fingerprint density at radius 3 is 2.32 bits per heavy atom. The first kappa shape index (κ1) is 14.6. The monoisotopic (exact) mass is 336 g/mol. The van der Waals surface area contributed by atoms with Gasteiger partial charge in [-0.15, -0.1) is 0 Å². The van der Waals surface area contributed by atoms with Gasteiger partial charge in [0.15, 0.2) is 0 Å². The summed E-state index contributed by atoms with van der Waals surface area (Å²) in [6.07, 6.45) is 0. The van der Waals surface area contributed by atoms with Crippen LogP contribution in [0, 0.1) is 0 Å². The summed E-state index contributed by atoms with van der Waals surface area (Å²) in [6.45, 7) is 11.1. The summed E-state index contributed by atoms with van der Waals surface area (Å²) in [5.74, 6) is 1.08. The molecule has 0 spiro atoms. The molecule has 1 nitrogen and oxygen atoms in total. The quantitative estimate of drug-likeness (QED) is 0.679. The molecule has 0 unspecified atom stereocenters. The summed E-state index contributed by atoms with van der Waals surface area (Å²) in [5, 5.41) is 2.45. The molecule has 0 atom stereocenters. The minimum Gasteiger partial charge on any atom is -0.546 e. The van der Waals surface area contributed by atoms with E-state index in [2.05, 4.69) is 80.1 Å². The van der Waals surface area contributed by atoms with Crippen molar-refractivity contribution in [1.82, 2.24) is 0 Å². The second kappa shape index (κ2) is 5.29. The van der Waals surface area contributed by atoms with Crippen LogP contribution in [-0.2, 0) is 5.41 Å². The maximum absolute atomic E-state index is 6.25. The van der Waals surface area contributed by atoms with Crippen molar-refractivity contribution in [3.63, 3.8) is 0 Å². The molecule has 0 fully saturated rings. The van der Waals surface area contributed by atoms with Crippen LogP contribution in [0.15, 0.2) is 34.8 Å². The fourth-order valence-corrected chi connectivity index (χ4v) is 3.33. The van der Waals surface area contributed by atoms with E-state index in [1.54, 1.807) is 0 Å². The van der Waals surface area contributed by atoms with Gasteiger partial charge in [0.1, 0.15) is 5.75 Å². The van der Waals surface area contributed by atoms with Gasteiger partial charge < -0.3 is 4.43 Å². The van der Waals surface area contributed by atoms with Gasteiger partial charge in [-0.3, -0.25) is 0 Å². The van der Waals surface area contributed by atoms with Crippen LogP contribution >= 0.6 is 15.9 Å². The Balaban J connectivity index is 2.73. The summed E-state index contributed by atoms with van der Waals surface area (Å²) in [4.78, 5) is 0. The van der Waals surface area contributed by atoms with Gasteiger partial charge in [-0.25, -0.2) is 0 Å². The maximum atomic E-state index is 6.25. The molecular formula is C16H21BrOSi. The van der Waals surface area contributed by atoms with Gasteiger partial charge in [-0.1, -0.05) is 48.8 Å². The van der Waals surface area contributed by atoms with Gasteiger partial charge in [-0.05, 0) is 47.7 Å². The molecule has 0 aliphatic carbocycles. The molecule has 0 N–H and O–H groups in total. The van der Waals surface area contributed by atoms with E-state index in [-0.39, 0.29) is 5.41 Å². The van der Waals surface area contributed by atoms with E-state index in [0.29, 0.717) is 0 Å². The lowest BCUT2D eigenvalue weighted by Crippen LogP contribution is -2.18. The molecule has 0 radical (unpaired) electrons. The Labute approximate surface area is 125 Å². The van der Waals surface area contributed by atoms with Crippen LogP contribution in [0.4, 0.5) is 0 Å². The molecule has 0 saturated carbocycles. The Hall–Kier alpha value is -0.803. The largest absolute Gasteiger partial charge is 0.546 e. The van der Waals surface area contributed by atoms with E-state index < -0.39 is 9.04 Å². The third-order valence-corrected chi connectivity index (χ3v) is 4.29. The SMILES string of the molecule is C[SiH](C)Oc1c(C(C)(C)C)ccc2cc(Br)ccc12. The normalized spacial score (nSPS) is 12.2. The molecular weight excluding hydrogens is 316 g/mol. The highest BCUT2D eigenvalue weighted by atomic mass is 79.9. The second-order valence-corrected chi connectivity index (χ2v) is 9.47. The second-order valence-electron chi connectivity index (χ2n) is 6.22. The highest BCUT2D eigenvalue weighted by molar-refractivity contribution is 9.10. The molecule has 0 saturated heterocycles. The molecule has 2 aromatic rings. The lowest BCUT2D eigenvalue weighted by Gasteiger charge is -2.25. The fraction of sp³-hybridized carbons (Fsp3) is 0.375. The van der Waals surface area contributed by atoms with Gasteiger partial charge in [-0.2, -0.15) is 0 Å². The summed E-state index contributed by atoms with van der Waals surface area (Å²) in [7, 11) is -1.13. The number of hydrogen-bond donors (Lipinski definition) is 0. The van der Waals surface area contributed by atoms with Crippen LogP contribution in [0.2, 0.25) is 13.1 Å². The summed E-state index contributed by atoms with van der Waals surface area (Å²) >= 11 is 3.53. The highest BCUT2D eigenvalue weighted by Gasteiger charge is 2.21. The number of rotatable bonds is 2. The number of benzene rings is 2. The minimum absolute atomic E-state index is 0.0971. The Bertz CT molecular complexity index is 599. The molecule has 0 amide bonds. The van der Waals surface area contributed by atoms with Crippen LogP contribution in [-0.4, -0.2) is 9.04 Å². The van der Waals surface area contributed by atoms with Crippen molar-refractivity contribution in [3.8, 4) is 5.75 Å². The molecule has 0 bridgehead atoms. The summed E-state index contributed by atoms with van der Waals surface area (Å²) in [5.41, 5.74) is 1.39. The lowest BCUT2D eigenvalue weighted by molar-refractivity contribution is 0.525. The summed E-state index contributed by atoms with van der Waals surface area (Å²) < 4.78 is 7.36. The first-order valence-corrected chi connectivity index (χ1v) is 10.3. The van der Waals surface area contributed by atoms with Crippen molar-refractivity contribution >= 4 is 35.7 Å². The van der Waals surface area contributed by atoms with E-state index >= 15 is 0 Å². The van der Waals surface area contributed by atoms with Gasteiger partial charge in [0.25, 0.3) is 0 Å². The summed E-state index contributed by atoms with van der Waals surface area (Å²) in [6, 6.07) is 10.8. The first-order valence-electron chi connectivity index (χ1n) is 6.68. The van der Waals surface area contributed by atoms with E-state index in [1.807, 2.05) is 0 Å². The van der Waals surface area contributed by atoms with Crippen molar-refractivity contribution in [2.24, 2.45) is 0 Å². The first-order chi connectivity index (χ1) is 8.79. The molecule has 0 heterocycles. The smallest absolute Gasteiger partial charge is 0.229 e. The van der Waals surface area contributed by atoms with Crippen LogP contribution in [0.25, 0.3) is 10.8 Å². The van der Waals surface area contributed by atoms with Crippen LogP contribution in [0.1, 0.15) is 26.3 Å². The van der Waals surface area contributed by atoms with E-state index in [4.69, 9.17) is 4.43 Å². The molecule has 0 aromatic heterocycles. The topological polar surface area (TPSA) is 9.23 Å². The molecule has 2 rings (SSSR count). The third kappa shape index (κ3) is 3.21. The molecule has 0 aliphatic rings. The zero-order valence-electron chi connectivity index (χ0n) is 12.3. The highest BCUT2D eigenvalue weighted by Crippen LogP contribution is 2.38. The zero-order valence-corrected chi connectivity index (χ0v) is 15.0. The average molecular weight is 337 g/mol. The van der Waals surface area contributed by atoms with Crippen molar-refractivity contribution in [2.45, 2.75) is 39.3 Å². The van der Waals surface area contributed by atoms with E-state index in [1.165, 1.54) is 16.3 Å². The Kier molecular flexibility index (Phi) is 4.07. The fourth-order valence-electron chi connectivity index (χ4n) is 2.23. The number of hydrogen-bond acceptors (Lipinski definition) is 1. The van der Waals surface area contributed by atoms with Gasteiger partial charge in [0.2, 0.25) is 9.04 Å². The van der Waals surface area contributed by atoms with Crippen LogP contribution < -0.4 is 4.43 Å². The average Bonchev–Trinajstić information content (AvgIpc) is 2.26. The van der Waals surface area contributed by atoms with Crippen molar-refractivity contribution in [2.75, 3.05) is 0 Å². The lowest BCUT2D eigenvalue weighted by atomic mass is 9.85. The predicted molar refractivity (Wildman–Crippen MR) is 89.9 cm³/mol.